The summed E-state index contributed by atoms with van der Waals surface area (Å²) in [4.78, 5) is 0. The van der Waals surface area contributed by atoms with E-state index < -0.39 is 9.84 Å². The van der Waals surface area contributed by atoms with Gasteiger partial charge in [-0.1, -0.05) is 13.8 Å². The first kappa shape index (κ1) is 12.9. The summed E-state index contributed by atoms with van der Waals surface area (Å²) in [5.41, 5.74) is 5.67. The molecule has 3 N–H and O–H groups in total. The van der Waals surface area contributed by atoms with Crippen LogP contribution in [0.1, 0.15) is 26.7 Å². The van der Waals surface area contributed by atoms with Gasteiger partial charge >= 0.3 is 0 Å². The molecule has 1 heterocycles. The molecule has 0 aliphatic carbocycles. The van der Waals surface area contributed by atoms with E-state index in [0.717, 1.165) is 19.4 Å². The molecule has 0 aromatic rings. The van der Waals surface area contributed by atoms with Crippen LogP contribution in [0.5, 0.6) is 0 Å². The van der Waals surface area contributed by atoms with Crippen molar-refractivity contribution in [1.82, 2.24) is 5.32 Å². The highest BCUT2D eigenvalue weighted by atomic mass is 32.2. The SMILES string of the molecule is CC(C)(CCN)CNC1CCS(=O)(=O)C1. The van der Waals surface area contributed by atoms with Gasteiger partial charge in [0.1, 0.15) is 0 Å². The van der Waals surface area contributed by atoms with Crippen LogP contribution < -0.4 is 11.1 Å². The first-order valence-electron chi connectivity index (χ1n) is 5.48. The summed E-state index contributed by atoms with van der Waals surface area (Å²) in [6.45, 7) is 5.81. The standard InChI is InChI=1S/C10H22N2O2S/c1-10(2,4-5-11)8-12-9-3-6-15(13,14)7-9/h9,12H,3-8,11H2,1-2H3. The van der Waals surface area contributed by atoms with Crippen molar-refractivity contribution in [1.29, 1.82) is 0 Å². The van der Waals surface area contributed by atoms with Crippen molar-refractivity contribution < 1.29 is 8.42 Å². The Kier molecular flexibility index (Phi) is 4.14. The Balaban J connectivity index is 2.32. The highest BCUT2D eigenvalue weighted by molar-refractivity contribution is 7.91. The third-order valence-corrected chi connectivity index (χ3v) is 4.69. The summed E-state index contributed by atoms with van der Waals surface area (Å²) >= 11 is 0. The Labute approximate surface area is 92.5 Å². The van der Waals surface area contributed by atoms with Gasteiger partial charge in [0.05, 0.1) is 11.5 Å². The van der Waals surface area contributed by atoms with Gasteiger partial charge in [0.15, 0.2) is 9.84 Å². The Morgan fingerprint density at radius 2 is 2.13 bits per heavy atom. The average molecular weight is 234 g/mol. The minimum atomic E-state index is -2.76. The van der Waals surface area contributed by atoms with Crippen LogP contribution in [-0.4, -0.2) is 39.1 Å². The number of hydrogen-bond donors (Lipinski definition) is 2. The molecule has 1 saturated heterocycles. The highest BCUT2D eigenvalue weighted by Gasteiger charge is 2.28. The van der Waals surface area contributed by atoms with Gasteiger partial charge in [0.25, 0.3) is 0 Å². The van der Waals surface area contributed by atoms with Crippen molar-refractivity contribution in [3.05, 3.63) is 0 Å². The number of nitrogens with two attached hydrogens (primary N) is 1. The van der Waals surface area contributed by atoms with Crippen molar-refractivity contribution in [2.24, 2.45) is 11.1 Å². The molecule has 0 aromatic heterocycles. The van der Waals surface area contributed by atoms with Gasteiger partial charge in [-0.3, -0.25) is 0 Å². The number of rotatable bonds is 5. The van der Waals surface area contributed by atoms with E-state index >= 15 is 0 Å². The van der Waals surface area contributed by atoms with Crippen molar-refractivity contribution >= 4 is 9.84 Å². The fraction of sp³-hybridized carbons (Fsp3) is 1.00. The Bertz CT molecular complexity index is 299. The molecule has 90 valence electrons. The first-order chi connectivity index (χ1) is 6.85. The molecule has 5 heteroatoms. The smallest absolute Gasteiger partial charge is 0.151 e. The van der Waals surface area contributed by atoms with E-state index in [1.165, 1.54) is 0 Å². The van der Waals surface area contributed by atoms with Crippen LogP contribution in [0.25, 0.3) is 0 Å². The van der Waals surface area contributed by atoms with E-state index in [1.807, 2.05) is 0 Å². The molecule has 4 nitrogen and oxygen atoms in total. The molecule has 0 radical (unpaired) electrons. The van der Waals surface area contributed by atoms with Crippen LogP contribution in [0.4, 0.5) is 0 Å². The number of sulfone groups is 1. The monoisotopic (exact) mass is 234 g/mol. The van der Waals surface area contributed by atoms with Gasteiger partial charge in [-0.15, -0.1) is 0 Å². The summed E-state index contributed by atoms with van der Waals surface area (Å²) in [5, 5.41) is 3.33. The maximum Gasteiger partial charge on any atom is 0.151 e. The van der Waals surface area contributed by atoms with Gasteiger partial charge in [0.2, 0.25) is 0 Å². The maximum absolute atomic E-state index is 11.2. The van der Waals surface area contributed by atoms with Crippen LogP contribution in [0, 0.1) is 5.41 Å². The molecule has 1 aliphatic heterocycles. The molecule has 0 bridgehead atoms. The fourth-order valence-corrected chi connectivity index (χ4v) is 3.56. The van der Waals surface area contributed by atoms with Crippen LogP contribution in [0.3, 0.4) is 0 Å². The minimum Gasteiger partial charge on any atom is -0.330 e. The van der Waals surface area contributed by atoms with Crippen molar-refractivity contribution in [2.45, 2.75) is 32.7 Å². The van der Waals surface area contributed by atoms with Crippen LogP contribution in [-0.2, 0) is 9.84 Å². The summed E-state index contributed by atoms with van der Waals surface area (Å²) in [6.07, 6.45) is 1.71. The zero-order valence-electron chi connectivity index (χ0n) is 9.62. The first-order valence-corrected chi connectivity index (χ1v) is 7.31. The Morgan fingerprint density at radius 1 is 1.47 bits per heavy atom. The fourth-order valence-electron chi connectivity index (χ4n) is 1.86. The number of nitrogens with one attached hydrogen (secondary N) is 1. The van der Waals surface area contributed by atoms with Gasteiger partial charge in [-0.05, 0) is 24.8 Å². The second kappa shape index (κ2) is 4.80. The molecule has 0 aromatic carbocycles. The normalized spacial score (nSPS) is 25.7. The lowest BCUT2D eigenvalue weighted by Gasteiger charge is -2.26. The number of hydrogen-bond acceptors (Lipinski definition) is 4. The lowest BCUT2D eigenvalue weighted by Crippen LogP contribution is -2.38. The second-order valence-electron chi connectivity index (χ2n) is 5.18. The summed E-state index contributed by atoms with van der Waals surface area (Å²) in [6, 6.07) is 0.145. The van der Waals surface area contributed by atoms with Crippen molar-refractivity contribution in [3.8, 4) is 0 Å². The Morgan fingerprint density at radius 3 is 2.60 bits per heavy atom. The van der Waals surface area contributed by atoms with Crippen LogP contribution in [0.15, 0.2) is 0 Å². The quantitative estimate of drug-likeness (QED) is 0.709. The molecule has 0 saturated carbocycles. The van der Waals surface area contributed by atoms with Gasteiger partial charge in [0, 0.05) is 12.6 Å². The lowest BCUT2D eigenvalue weighted by atomic mass is 9.89. The molecular formula is C10H22N2O2S. The third kappa shape index (κ3) is 4.49. The van der Waals surface area contributed by atoms with E-state index in [9.17, 15) is 8.42 Å². The highest BCUT2D eigenvalue weighted by Crippen LogP contribution is 2.19. The molecule has 1 unspecified atom stereocenters. The van der Waals surface area contributed by atoms with Crippen LogP contribution >= 0.6 is 0 Å². The van der Waals surface area contributed by atoms with E-state index in [4.69, 9.17) is 5.73 Å². The maximum atomic E-state index is 11.2. The predicted molar refractivity (Wildman–Crippen MR) is 62.5 cm³/mol. The van der Waals surface area contributed by atoms with Crippen LogP contribution in [0.2, 0.25) is 0 Å². The van der Waals surface area contributed by atoms with E-state index in [0.29, 0.717) is 18.1 Å². The average Bonchev–Trinajstić information content (AvgIpc) is 2.42. The zero-order valence-corrected chi connectivity index (χ0v) is 10.4. The molecule has 1 rings (SSSR count). The van der Waals surface area contributed by atoms with E-state index in [-0.39, 0.29) is 11.5 Å². The molecule has 1 aliphatic rings. The van der Waals surface area contributed by atoms with Gasteiger partial charge in [-0.25, -0.2) is 8.42 Å². The molecule has 0 spiro atoms. The zero-order chi connectivity index (χ0) is 11.5. The molecule has 0 amide bonds. The summed E-state index contributed by atoms with van der Waals surface area (Å²) < 4.78 is 22.5. The molecule has 15 heavy (non-hydrogen) atoms. The van der Waals surface area contributed by atoms with E-state index in [2.05, 4.69) is 19.2 Å². The van der Waals surface area contributed by atoms with Crippen molar-refractivity contribution in [2.75, 3.05) is 24.6 Å². The minimum absolute atomic E-state index is 0.145. The molecular weight excluding hydrogens is 212 g/mol. The third-order valence-electron chi connectivity index (χ3n) is 2.92. The van der Waals surface area contributed by atoms with Crippen molar-refractivity contribution in [3.63, 3.8) is 0 Å². The predicted octanol–water partition coefficient (Wildman–Crippen LogP) is 0.138. The summed E-state index contributed by atoms with van der Waals surface area (Å²) in [5.74, 6) is 0.633. The second-order valence-corrected chi connectivity index (χ2v) is 7.41. The van der Waals surface area contributed by atoms with Gasteiger partial charge in [-0.2, -0.15) is 0 Å². The lowest BCUT2D eigenvalue weighted by molar-refractivity contribution is 0.306. The topological polar surface area (TPSA) is 72.2 Å². The molecule has 1 fully saturated rings. The Hall–Kier alpha value is -0.130. The van der Waals surface area contributed by atoms with E-state index in [1.54, 1.807) is 0 Å². The summed E-state index contributed by atoms with van der Waals surface area (Å²) in [7, 11) is -2.76. The molecule has 1 atom stereocenters. The van der Waals surface area contributed by atoms with Gasteiger partial charge < -0.3 is 11.1 Å². The largest absolute Gasteiger partial charge is 0.330 e.